The van der Waals surface area contributed by atoms with Gasteiger partial charge in [0.15, 0.2) is 0 Å². The molecule has 0 spiro atoms. The van der Waals surface area contributed by atoms with E-state index in [1.807, 2.05) is 13.2 Å². The van der Waals surface area contributed by atoms with Crippen LogP contribution in [0.5, 0.6) is 0 Å². The van der Waals surface area contributed by atoms with Gasteiger partial charge in [0.25, 0.3) is 0 Å². The Kier molecular flexibility index (Phi) is 2.43. The predicted molar refractivity (Wildman–Crippen MR) is 36.9 cm³/mol. The molecule has 0 amide bonds. The van der Waals surface area contributed by atoms with Gasteiger partial charge in [-0.05, 0) is 12.8 Å². The molecule has 1 N–H and O–H groups in total. The molecule has 0 aromatic carbocycles. The standard InChI is InChI=1S/C7H13NO/c1-8-6-7-4-2-3-5-9-7/h6,8H,2-5H2,1H3. The minimum Gasteiger partial charge on any atom is -0.496 e. The van der Waals surface area contributed by atoms with Crippen LogP contribution in [0.1, 0.15) is 19.3 Å². The molecule has 0 atom stereocenters. The Bertz CT molecular complexity index is 101. The number of nitrogens with one attached hydrogen (secondary N) is 1. The zero-order valence-electron chi connectivity index (χ0n) is 5.81. The third kappa shape index (κ3) is 1.96. The minimum atomic E-state index is 0.896. The first-order valence-corrected chi connectivity index (χ1v) is 3.42. The maximum absolute atomic E-state index is 5.32. The van der Waals surface area contributed by atoms with E-state index in [2.05, 4.69) is 5.32 Å². The lowest BCUT2D eigenvalue weighted by molar-refractivity contribution is 0.164. The molecule has 1 aliphatic rings. The van der Waals surface area contributed by atoms with Crippen LogP contribution in [0.25, 0.3) is 0 Å². The van der Waals surface area contributed by atoms with E-state index in [4.69, 9.17) is 4.74 Å². The Morgan fingerprint density at radius 1 is 1.56 bits per heavy atom. The van der Waals surface area contributed by atoms with E-state index >= 15 is 0 Å². The van der Waals surface area contributed by atoms with E-state index in [1.54, 1.807) is 0 Å². The lowest BCUT2D eigenvalue weighted by Crippen LogP contribution is -2.06. The van der Waals surface area contributed by atoms with Gasteiger partial charge in [-0.2, -0.15) is 0 Å². The Hall–Kier alpha value is -0.660. The van der Waals surface area contributed by atoms with E-state index < -0.39 is 0 Å². The van der Waals surface area contributed by atoms with Crippen molar-refractivity contribution < 1.29 is 4.74 Å². The summed E-state index contributed by atoms with van der Waals surface area (Å²) in [7, 11) is 1.89. The molecule has 1 fully saturated rings. The van der Waals surface area contributed by atoms with Crippen molar-refractivity contribution in [1.29, 1.82) is 0 Å². The average molecular weight is 127 g/mol. The molecule has 0 aliphatic carbocycles. The van der Waals surface area contributed by atoms with Crippen molar-refractivity contribution in [2.45, 2.75) is 19.3 Å². The van der Waals surface area contributed by atoms with Crippen molar-refractivity contribution in [2.24, 2.45) is 0 Å². The van der Waals surface area contributed by atoms with Gasteiger partial charge in [-0.1, -0.05) is 0 Å². The van der Waals surface area contributed by atoms with E-state index in [1.165, 1.54) is 12.8 Å². The van der Waals surface area contributed by atoms with Gasteiger partial charge in [-0.15, -0.1) is 0 Å². The van der Waals surface area contributed by atoms with Gasteiger partial charge in [0.05, 0.1) is 6.61 Å². The highest BCUT2D eigenvalue weighted by atomic mass is 16.5. The Labute approximate surface area is 55.9 Å². The number of hydrogen-bond acceptors (Lipinski definition) is 2. The highest BCUT2D eigenvalue weighted by Gasteiger charge is 2.03. The quantitative estimate of drug-likeness (QED) is 0.572. The topological polar surface area (TPSA) is 21.3 Å². The first-order valence-electron chi connectivity index (χ1n) is 3.42. The van der Waals surface area contributed by atoms with Crippen molar-refractivity contribution in [1.82, 2.24) is 5.32 Å². The van der Waals surface area contributed by atoms with E-state index in [9.17, 15) is 0 Å². The van der Waals surface area contributed by atoms with Crippen LogP contribution in [0, 0.1) is 0 Å². The molecule has 0 bridgehead atoms. The lowest BCUT2D eigenvalue weighted by atomic mass is 10.2. The highest BCUT2D eigenvalue weighted by Crippen LogP contribution is 2.14. The van der Waals surface area contributed by atoms with Gasteiger partial charge < -0.3 is 10.1 Å². The molecule has 2 heteroatoms. The molecule has 0 unspecified atom stereocenters. The molecule has 52 valence electrons. The summed E-state index contributed by atoms with van der Waals surface area (Å²) < 4.78 is 5.32. The van der Waals surface area contributed by atoms with E-state index in [-0.39, 0.29) is 0 Å². The molecular formula is C7H13NO. The summed E-state index contributed by atoms with van der Waals surface area (Å²) in [6, 6.07) is 0. The fourth-order valence-corrected chi connectivity index (χ4v) is 0.952. The lowest BCUT2D eigenvalue weighted by Gasteiger charge is -2.15. The van der Waals surface area contributed by atoms with Gasteiger partial charge in [0.2, 0.25) is 0 Å². The summed E-state index contributed by atoms with van der Waals surface area (Å²) >= 11 is 0. The monoisotopic (exact) mass is 127 g/mol. The minimum absolute atomic E-state index is 0.896. The Morgan fingerprint density at radius 3 is 3.00 bits per heavy atom. The van der Waals surface area contributed by atoms with Crippen molar-refractivity contribution in [3.8, 4) is 0 Å². The van der Waals surface area contributed by atoms with Crippen molar-refractivity contribution in [3.05, 3.63) is 12.0 Å². The molecule has 0 aromatic heterocycles. The average Bonchev–Trinajstić information content (AvgIpc) is 1.91. The van der Waals surface area contributed by atoms with Crippen molar-refractivity contribution >= 4 is 0 Å². The Morgan fingerprint density at radius 2 is 2.44 bits per heavy atom. The van der Waals surface area contributed by atoms with Crippen LogP contribution < -0.4 is 5.32 Å². The fourth-order valence-electron chi connectivity index (χ4n) is 0.952. The fraction of sp³-hybridized carbons (Fsp3) is 0.714. The molecule has 9 heavy (non-hydrogen) atoms. The van der Waals surface area contributed by atoms with Crippen LogP contribution in [0.3, 0.4) is 0 Å². The van der Waals surface area contributed by atoms with E-state index in [0.29, 0.717) is 0 Å². The molecular weight excluding hydrogens is 114 g/mol. The molecule has 2 nitrogen and oxygen atoms in total. The second-order valence-electron chi connectivity index (χ2n) is 2.20. The van der Waals surface area contributed by atoms with E-state index in [0.717, 1.165) is 18.8 Å². The zero-order chi connectivity index (χ0) is 6.53. The predicted octanol–water partition coefficient (Wildman–Crippen LogP) is 1.25. The summed E-state index contributed by atoms with van der Waals surface area (Å²) in [5.74, 6) is 1.10. The second kappa shape index (κ2) is 3.38. The third-order valence-electron chi connectivity index (χ3n) is 1.41. The van der Waals surface area contributed by atoms with Gasteiger partial charge >= 0.3 is 0 Å². The number of hydrogen-bond donors (Lipinski definition) is 1. The Balaban J connectivity index is 2.30. The van der Waals surface area contributed by atoms with Crippen LogP contribution in [0.4, 0.5) is 0 Å². The molecule has 0 saturated carbocycles. The molecule has 1 saturated heterocycles. The van der Waals surface area contributed by atoms with Gasteiger partial charge in [0, 0.05) is 19.7 Å². The highest BCUT2D eigenvalue weighted by molar-refractivity contribution is 4.92. The van der Waals surface area contributed by atoms with Crippen LogP contribution in [-0.4, -0.2) is 13.7 Å². The maximum Gasteiger partial charge on any atom is 0.112 e. The summed E-state index contributed by atoms with van der Waals surface area (Å²) in [4.78, 5) is 0. The van der Waals surface area contributed by atoms with Crippen LogP contribution in [0.15, 0.2) is 12.0 Å². The van der Waals surface area contributed by atoms with Crippen LogP contribution in [-0.2, 0) is 4.74 Å². The van der Waals surface area contributed by atoms with Crippen LogP contribution >= 0.6 is 0 Å². The van der Waals surface area contributed by atoms with Crippen LogP contribution in [0.2, 0.25) is 0 Å². The molecule has 1 aliphatic heterocycles. The summed E-state index contributed by atoms with van der Waals surface area (Å²) in [5, 5.41) is 2.95. The number of allylic oxidation sites excluding steroid dienone is 1. The van der Waals surface area contributed by atoms with Crippen molar-refractivity contribution in [3.63, 3.8) is 0 Å². The summed E-state index contributed by atoms with van der Waals surface area (Å²) in [6.07, 6.45) is 5.51. The maximum atomic E-state index is 5.32. The first-order chi connectivity index (χ1) is 4.43. The van der Waals surface area contributed by atoms with Crippen molar-refractivity contribution in [2.75, 3.05) is 13.7 Å². The van der Waals surface area contributed by atoms with Gasteiger partial charge in [-0.3, -0.25) is 0 Å². The van der Waals surface area contributed by atoms with Gasteiger partial charge in [0.1, 0.15) is 5.76 Å². The molecule has 1 heterocycles. The first kappa shape index (κ1) is 6.46. The molecule has 1 rings (SSSR count). The van der Waals surface area contributed by atoms with Gasteiger partial charge in [-0.25, -0.2) is 0 Å². The summed E-state index contributed by atoms with van der Waals surface area (Å²) in [6.45, 7) is 0.896. The number of rotatable bonds is 1. The third-order valence-corrected chi connectivity index (χ3v) is 1.41. The number of ether oxygens (including phenoxy) is 1. The normalized spacial score (nSPS) is 23.4. The summed E-state index contributed by atoms with van der Waals surface area (Å²) in [5.41, 5.74) is 0. The SMILES string of the molecule is CNC=C1CCCCO1. The molecule has 0 radical (unpaired) electrons. The smallest absolute Gasteiger partial charge is 0.112 e. The molecule has 0 aromatic rings. The zero-order valence-corrected chi connectivity index (χ0v) is 5.81. The second-order valence-corrected chi connectivity index (χ2v) is 2.20. The largest absolute Gasteiger partial charge is 0.496 e.